The van der Waals surface area contributed by atoms with Crippen molar-refractivity contribution in [3.05, 3.63) is 35.2 Å². The number of nitrogens with one attached hydrogen (secondary N) is 1. The number of nitrogens with zero attached hydrogens (tertiary/aromatic N) is 3. The van der Waals surface area contributed by atoms with Crippen LogP contribution in [0.1, 0.15) is 19.3 Å². The fourth-order valence-electron chi connectivity index (χ4n) is 2.68. The molecule has 1 fully saturated rings. The summed E-state index contributed by atoms with van der Waals surface area (Å²) in [7, 11) is 0. The molecular formula is C15H18ClFN4. The Balaban J connectivity index is 1.63. The molecule has 0 aliphatic carbocycles. The minimum Gasteiger partial charge on any atom is -0.317 e. The summed E-state index contributed by atoms with van der Waals surface area (Å²) in [5.41, 5.74) is 1.38. The number of hydrogen-bond donors (Lipinski definition) is 1. The van der Waals surface area contributed by atoms with Crippen LogP contribution < -0.4 is 5.32 Å². The van der Waals surface area contributed by atoms with Gasteiger partial charge in [-0.2, -0.15) is 0 Å². The molecule has 1 aromatic heterocycles. The highest BCUT2D eigenvalue weighted by molar-refractivity contribution is 6.30. The van der Waals surface area contributed by atoms with Crippen LogP contribution in [0.4, 0.5) is 4.39 Å². The van der Waals surface area contributed by atoms with Crippen LogP contribution in [0.2, 0.25) is 5.02 Å². The molecule has 4 nitrogen and oxygen atoms in total. The van der Waals surface area contributed by atoms with E-state index < -0.39 is 5.82 Å². The Kier molecular flexibility index (Phi) is 4.51. The molecule has 0 unspecified atom stereocenters. The maximum atomic E-state index is 13.5. The van der Waals surface area contributed by atoms with Gasteiger partial charge in [-0.15, -0.1) is 5.10 Å². The first-order valence-corrected chi connectivity index (χ1v) is 7.66. The number of rotatable bonds is 4. The van der Waals surface area contributed by atoms with Crippen LogP contribution in [0, 0.1) is 11.7 Å². The van der Waals surface area contributed by atoms with Gasteiger partial charge in [0.15, 0.2) is 0 Å². The molecule has 1 aliphatic heterocycles. The van der Waals surface area contributed by atoms with Gasteiger partial charge in [-0.05, 0) is 50.4 Å². The minimum atomic E-state index is -0.432. The van der Waals surface area contributed by atoms with E-state index >= 15 is 0 Å². The topological polar surface area (TPSA) is 42.7 Å². The molecule has 0 bridgehead atoms. The fourth-order valence-corrected chi connectivity index (χ4v) is 2.80. The van der Waals surface area contributed by atoms with Crippen molar-refractivity contribution in [2.45, 2.75) is 25.8 Å². The van der Waals surface area contributed by atoms with Gasteiger partial charge in [-0.25, -0.2) is 4.39 Å². The van der Waals surface area contributed by atoms with E-state index in [0.29, 0.717) is 11.3 Å². The Labute approximate surface area is 128 Å². The lowest BCUT2D eigenvalue weighted by Crippen LogP contribution is -2.28. The standard InChI is InChI=1S/C15H18ClFN4/c16-13-2-1-12(9-14(13)17)15-10-21(20-19-15)8-5-11-3-6-18-7-4-11/h1-2,9-11,18H,3-8H2. The highest BCUT2D eigenvalue weighted by Crippen LogP contribution is 2.23. The Morgan fingerprint density at radius 2 is 2.14 bits per heavy atom. The monoisotopic (exact) mass is 308 g/mol. The molecule has 3 rings (SSSR count). The average Bonchev–Trinajstić information content (AvgIpc) is 2.98. The van der Waals surface area contributed by atoms with Crippen molar-refractivity contribution < 1.29 is 4.39 Å². The van der Waals surface area contributed by atoms with Crippen molar-refractivity contribution in [1.82, 2.24) is 20.3 Å². The summed E-state index contributed by atoms with van der Waals surface area (Å²) in [4.78, 5) is 0. The van der Waals surface area contributed by atoms with Crippen LogP contribution in [0.25, 0.3) is 11.3 Å². The maximum absolute atomic E-state index is 13.5. The zero-order valence-electron chi connectivity index (χ0n) is 11.7. The van der Waals surface area contributed by atoms with Gasteiger partial charge < -0.3 is 5.32 Å². The van der Waals surface area contributed by atoms with Crippen LogP contribution in [0.3, 0.4) is 0 Å². The second-order valence-electron chi connectivity index (χ2n) is 5.48. The molecule has 0 saturated carbocycles. The lowest BCUT2D eigenvalue weighted by molar-refractivity contribution is 0.330. The molecule has 1 saturated heterocycles. The fraction of sp³-hybridized carbons (Fsp3) is 0.467. The first-order valence-electron chi connectivity index (χ1n) is 7.28. The molecule has 1 aliphatic rings. The lowest BCUT2D eigenvalue weighted by atomic mass is 9.95. The number of piperidine rings is 1. The van der Waals surface area contributed by atoms with E-state index in [1.54, 1.807) is 12.1 Å². The molecule has 0 radical (unpaired) electrons. The quantitative estimate of drug-likeness (QED) is 0.943. The minimum absolute atomic E-state index is 0.122. The van der Waals surface area contributed by atoms with E-state index in [1.165, 1.54) is 18.9 Å². The van der Waals surface area contributed by atoms with Crippen LogP contribution in [-0.4, -0.2) is 28.1 Å². The van der Waals surface area contributed by atoms with E-state index in [9.17, 15) is 4.39 Å². The summed E-state index contributed by atoms with van der Waals surface area (Å²) >= 11 is 5.69. The van der Waals surface area contributed by atoms with E-state index in [0.717, 1.165) is 32.0 Å². The second-order valence-corrected chi connectivity index (χ2v) is 5.88. The van der Waals surface area contributed by atoms with E-state index in [4.69, 9.17) is 11.6 Å². The number of hydrogen-bond acceptors (Lipinski definition) is 3. The maximum Gasteiger partial charge on any atom is 0.142 e. The smallest absolute Gasteiger partial charge is 0.142 e. The van der Waals surface area contributed by atoms with Crippen molar-refractivity contribution in [3.8, 4) is 11.3 Å². The number of benzene rings is 1. The van der Waals surface area contributed by atoms with Crippen molar-refractivity contribution in [3.63, 3.8) is 0 Å². The van der Waals surface area contributed by atoms with Crippen molar-refractivity contribution >= 4 is 11.6 Å². The van der Waals surface area contributed by atoms with Crippen LogP contribution in [0.5, 0.6) is 0 Å². The average molecular weight is 309 g/mol. The van der Waals surface area contributed by atoms with E-state index in [2.05, 4.69) is 15.6 Å². The number of aromatic nitrogens is 3. The zero-order valence-corrected chi connectivity index (χ0v) is 12.5. The Hall–Kier alpha value is -1.46. The van der Waals surface area contributed by atoms with Crippen molar-refractivity contribution in [1.29, 1.82) is 0 Å². The van der Waals surface area contributed by atoms with Crippen LogP contribution >= 0.6 is 11.6 Å². The largest absolute Gasteiger partial charge is 0.317 e. The first-order chi connectivity index (χ1) is 10.2. The molecule has 2 heterocycles. The molecule has 112 valence electrons. The molecular weight excluding hydrogens is 291 g/mol. The Morgan fingerprint density at radius 1 is 1.33 bits per heavy atom. The predicted octanol–water partition coefficient (Wildman–Crippen LogP) is 3.13. The van der Waals surface area contributed by atoms with Gasteiger partial charge in [0.2, 0.25) is 0 Å². The molecule has 6 heteroatoms. The molecule has 2 aromatic rings. The molecule has 1 aromatic carbocycles. The van der Waals surface area contributed by atoms with E-state index in [1.807, 2.05) is 10.9 Å². The van der Waals surface area contributed by atoms with Gasteiger partial charge >= 0.3 is 0 Å². The van der Waals surface area contributed by atoms with E-state index in [-0.39, 0.29) is 5.02 Å². The van der Waals surface area contributed by atoms with Crippen LogP contribution in [-0.2, 0) is 6.54 Å². The highest BCUT2D eigenvalue weighted by atomic mass is 35.5. The first kappa shape index (κ1) is 14.5. The highest BCUT2D eigenvalue weighted by Gasteiger charge is 2.13. The molecule has 0 spiro atoms. The molecule has 21 heavy (non-hydrogen) atoms. The third kappa shape index (κ3) is 3.60. The summed E-state index contributed by atoms with van der Waals surface area (Å²) in [5.74, 6) is 0.324. The third-order valence-electron chi connectivity index (χ3n) is 3.98. The molecule has 0 atom stereocenters. The SMILES string of the molecule is Fc1cc(-c2cn(CCC3CCNCC3)nn2)ccc1Cl. The number of halogens is 2. The molecule has 0 amide bonds. The van der Waals surface area contributed by atoms with Crippen molar-refractivity contribution in [2.75, 3.05) is 13.1 Å². The van der Waals surface area contributed by atoms with Gasteiger partial charge in [0.1, 0.15) is 11.5 Å². The summed E-state index contributed by atoms with van der Waals surface area (Å²) in [5, 5.41) is 11.7. The predicted molar refractivity (Wildman–Crippen MR) is 80.6 cm³/mol. The normalized spacial score (nSPS) is 16.3. The van der Waals surface area contributed by atoms with Gasteiger partial charge in [0.25, 0.3) is 0 Å². The Bertz CT molecular complexity index is 607. The lowest BCUT2D eigenvalue weighted by Gasteiger charge is -2.22. The summed E-state index contributed by atoms with van der Waals surface area (Å²) in [6.45, 7) is 3.07. The summed E-state index contributed by atoms with van der Waals surface area (Å²) in [6.07, 6.45) is 5.43. The molecule has 1 N–H and O–H groups in total. The van der Waals surface area contributed by atoms with Gasteiger partial charge in [0.05, 0.1) is 11.2 Å². The zero-order chi connectivity index (χ0) is 14.7. The second kappa shape index (κ2) is 6.54. The number of aryl methyl sites for hydroxylation is 1. The van der Waals surface area contributed by atoms with Gasteiger partial charge in [-0.1, -0.05) is 22.9 Å². The van der Waals surface area contributed by atoms with Gasteiger partial charge in [-0.3, -0.25) is 4.68 Å². The third-order valence-corrected chi connectivity index (χ3v) is 4.29. The van der Waals surface area contributed by atoms with Crippen molar-refractivity contribution in [2.24, 2.45) is 5.92 Å². The summed E-state index contributed by atoms with van der Waals surface area (Å²) < 4.78 is 15.3. The summed E-state index contributed by atoms with van der Waals surface area (Å²) in [6, 6.07) is 4.69. The van der Waals surface area contributed by atoms with Crippen LogP contribution in [0.15, 0.2) is 24.4 Å². The van der Waals surface area contributed by atoms with Gasteiger partial charge in [0, 0.05) is 12.1 Å². The Morgan fingerprint density at radius 3 is 2.90 bits per heavy atom.